The smallest absolute Gasteiger partial charge is 0.268 e. The number of aromatic nitrogens is 4. The van der Waals surface area contributed by atoms with Gasteiger partial charge in [0.2, 0.25) is 5.91 Å². The highest BCUT2D eigenvalue weighted by molar-refractivity contribution is 7.15. The Labute approximate surface area is 219 Å². The van der Waals surface area contributed by atoms with E-state index in [2.05, 4.69) is 35.1 Å². The number of morpholine rings is 1. The normalized spacial score (nSPS) is 14.4. The van der Waals surface area contributed by atoms with Crippen molar-refractivity contribution >= 4 is 22.2 Å². The van der Waals surface area contributed by atoms with E-state index in [1.807, 2.05) is 42.1 Å². The van der Waals surface area contributed by atoms with Crippen LogP contribution in [0.3, 0.4) is 0 Å². The minimum absolute atomic E-state index is 0.114. The summed E-state index contributed by atoms with van der Waals surface area (Å²) in [5.41, 5.74) is 6.32. The topological polar surface area (TPSA) is 93.8 Å². The minimum Gasteiger partial charge on any atom is -0.379 e. The van der Waals surface area contributed by atoms with E-state index >= 15 is 0 Å². The van der Waals surface area contributed by atoms with Crippen molar-refractivity contribution in [2.24, 2.45) is 0 Å². The van der Waals surface area contributed by atoms with Crippen LogP contribution in [-0.2, 0) is 16.0 Å². The molecular weight excluding hydrogens is 488 g/mol. The van der Waals surface area contributed by atoms with Gasteiger partial charge in [-0.05, 0) is 51.0 Å². The van der Waals surface area contributed by atoms with Gasteiger partial charge in [-0.3, -0.25) is 18.9 Å². The van der Waals surface area contributed by atoms with Crippen LogP contribution in [0.25, 0.3) is 21.9 Å². The van der Waals surface area contributed by atoms with Gasteiger partial charge in [0.1, 0.15) is 5.69 Å². The number of rotatable bonds is 7. The second-order valence-electron chi connectivity index (χ2n) is 9.50. The van der Waals surface area contributed by atoms with Crippen molar-refractivity contribution in [3.05, 3.63) is 68.2 Å². The highest BCUT2D eigenvalue weighted by Crippen LogP contribution is 2.25. The lowest BCUT2D eigenvalue weighted by atomic mass is 10.1. The summed E-state index contributed by atoms with van der Waals surface area (Å²) in [5, 5.41) is 9.64. The molecule has 10 heteroatoms. The molecule has 1 aliphatic heterocycles. The van der Waals surface area contributed by atoms with Crippen LogP contribution in [0, 0.1) is 27.7 Å². The maximum Gasteiger partial charge on any atom is 0.268 e. The van der Waals surface area contributed by atoms with Crippen molar-refractivity contribution in [2.75, 3.05) is 39.4 Å². The third kappa shape index (κ3) is 5.09. The Bertz CT molecular complexity index is 1510. The first-order valence-electron chi connectivity index (χ1n) is 12.5. The molecule has 1 fully saturated rings. The number of nitrogens with zero attached hydrogens (tertiary/aromatic N) is 5. The third-order valence-corrected chi connectivity index (χ3v) is 7.84. The maximum absolute atomic E-state index is 13.7. The SMILES string of the molecule is Cc1cccc(-n2nc(-c3c(C)nc4scc(CC(=O)NCCN5CCOCC5)n4c3=O)cc2C)c1C. The van der Waals surface area contributed by atoms with E-state index in [1.54, 1.807) is 4.40 Å². The molecule has 5 rings (SSSR count). The van der Waals surface area contributed by atoms with Crippen molar-refractivity contribution in [1.82, 2.24) is 29.4 Å². The molecule has 37 heavy (non-hydrogen) atoms. The van der Waals surface area contributed by atoms with Crippen molar-refractivity contribution in [3.63, 3.8) is 0 Å². The van der Waals surface area contributed by atoms with Crippen molar-refractivity contribution in [3.8, 4) is 16.9 Å². The zero-order valence-corrected chi connectivity index (χ0v) is 22.5. The molecular formula is C27H32N6O3S. The number of carbonyl (C=O) groups excluding carboxylic acids is 1. The molecule has 1 amide bonds. The molecule has 1 aliphatic rings. The van der Waals surface area contributed by atoms with Crippen molar-refractivity contribution in [2.45, 2.75) is 34.1 Å². The molecule has 0 atom stereocenters. The van der Waals surface area contributed by atoms with Crippen LogP contribution >= 0.6 is 11.3 Å². The zero-order chi connectivity index (χ0) is 26.1. The summed E-state index contributed by atoms with van der Waals surface area (Å²) in [4.78, 5) is 34.0. The second-order valence-corrected chi connectivity index (χ2v) is 10.3. The molecule has 0 radical (unpaired) electrons. The Morgan fingerprint density at radius 1 is 1.16 bits per heavy atom. The van der Waals surface area contributed by atoms with E-state index in [1.165, 1.54) is 16.9 Å². The van der Waals surface area contributed by atoms with Crippen molar-refractivity contribution in [1.29, 1.82) is 0 Å². The molecule has 0 saturated carbocycles. The van der Waals surface area contributed by atoms with Crippen LogP contribution in [0.2, 0.25) is 0 Å². The Morgan fingerprint density at radius 2 is 1.95 bits per heavy atom. The Morgan fingerprint density at radius 3 is 2.73 bits per heavy atom. The summed E-state index contributed by atoms with van der Waals surface area (Å²) < 4.78 is 8.80. The van der Waals surface area contributed by atoms with Gasteiger partial charge in [0.25, 0.3) is 5.56 Å². The Balaban J connectivity index is 1.41. The molecule has 9 nitrogen and oxygen atoms in total. The van der Waals surface area contributed by atoms with Crippen LogP contribution in [-0.4, -0.2) is 69.4 Å². The maximum atomic E-state index is 13.7. The summed E-state index contributed by atoms with van der Waals surface area (Å²) in [6, 6.07) is 8.03. The van der Waals surface area contributed by atoms with E-state index in [-0.39, 0.29) is 17.9 Å². The predicted molar refractivity (Wildman–Crippen MR) is 145 cm³/mol. The number of ether oxygens (including phenoxy) is 1. The second kappa shape index (κ2) is 10.6. The molecule has 4 aromatic rings. The number of nitrogens with one attached hydrogen (secondary N) is 1. The number of benzene rings is 1. The lowest BCUT2D eigenvalue weighted by Crippen LogP contribution is -2.41. The van der Waals surface area contributed by atoms with Gasteiger partial charge in [0.05, 0.1) is 36.6 Å². The summed E-state index contributed by atoms with van der Waals surface area (Å²) >= 11 is 1.37. The first-order chi connectivity index (χ1) is 17.8. The van der Waals surface area contributed by atoms with E-state index < -0.39 is 0 Å². The summed E-state index contributed by atoms with van der Waals surface area (Å²) in [6.45, 7) is 12.5. The van der Waals surface area contributed by atoms with Crippen LogP contribution < -0.4 is 10.9 Å². The standard InChI is InChI=1S/C27H32N6O3S/c1-17-6-5-7-23(19(17)3)33-18(2)14-22(30-33)25-20(4)29-27-32(26(25)35)21(16-37-27)15-24(34)28-8-9-31-10-12-36-13-11-31/h5-7,14,16H,8-13,15H2,1-4H3,(H,28,34). The molecule has 0 aliphatic carbocycles. The molecule has 0 spiro atoms. The van der Waals surface area contributed by atoms with Crippen LogP contribution in [0.5, 0.6) is 0 Å². The number of hydrogen-bond acceptors (Lipinski definition) is 7. The van der Waals surface area contributed by atoms with E-state index in [9.17, 15) is 9.59 Å². The zero-order valence-electron chi connectivity index (χ0n) is 21.7. The van der Waals surface area contributed by atoms with Crippen LogP contribution in [0.1, 0.15) is 28.2 Å². The van der Waals surface area contributed by atoms with Gasteiger partial charge in [0, 0.05) is 42.9 Å². The molecule has 1 aromatic carbocycles. The molecule has 194 valence electrons. The lowest BCUT2D eigenvalue weighted by molar-refractivity contribution is -0.120. The molecule has 0 unspecified atom stereocenters. The monoisotopic (exact) mass is 520 g/mol. The van der Waals surface area contributed by atoms with Crippen LogP contribution in [0.4, 0.5) is 0 Å². The van der Waals surface area contributed by atoms with Gasteiger partial charge in [-0.25, -0.2) is 9.67 Å². The Kier molecular flexibility index (Phi) is 7.23. The molecule has 3 aromatic heterocycles. The number of hydrogen-bond donors (Lipinski definition) is 1. The fourth-order valence-corrected chi connectivity index (χ4v) is 5.66. The van der Waals surface area contributed by atoms with Gasteiger partial charge in [-0.15, -0.1) is 11.3 Å². The molecule has 1 N–H and O–H groups in total. The molecule has 1 saturated heterocycles. The van der Waals surface area contributed by atoms with Crippen LogP contribution in [0.15, 0.2) is 34.4 Å². The Hall–Kier alpha value is -3.34. The number of fused-ring (bicyclic) bond motifs is 1. The molecule has 4 heterocycles. The fraction of sp³-hybridized carbons (Fsp3) is 0.407. The summed E-state index contributed by atoms with van der Waals surface area (Å²) in [6.07, 6.45) is 0.114. The minimum atomic E-state index is -0.203. The highest BCUT2D eigenvalue weighted by atomic mass is 32.1. The van der Waals surface area contributed by atoms with Gasteiger partial charge in [-0.2, -0.15) is 5.10 Å². The van der Waals surface area contributed by atoms with E-state index in [4.69, 9.17) is 9.84 Å². The average Bonchev–Trinajstić information content (AvgIpc) is 3.44. The number of aryl methyl sites for hydroxylation is 3. The highest BCUT2D eigenvalue weighted by Gasteiger charge is 2.20. The van der Waals surface area contributed by atoms with Gasteiger partial charge >= 0.3 is 0 Å². The first-order valence-corrected chi connectivity index (χ1v) is 13.4. The molecule has 0 bridgehead atoms. The van der Waals surface area contributed by atoms with Gasteiger partial charge in [0.15, 0.2) is 4.96 Å². The summed E-state index contributed by atoms with van der Waals surface area (Å²) in [5.74, 6) is -0.114. The lowest BCUT2D eigenvalue weighted by Gasteiger charge is -2.26. The number of carbonyl (C=O) groups is 1. The first kappa shape index (κ1) is 25.3. The summed E-state index contributed by atoms with van der Waals surface area (Å²) in [7, 11) is 0. The van der Waals surface area contributed by atoms with E-state index in [0.29, 0.717) is 34.2 Å². The number of amides is 1. The predicted octanol–water partition coefficient (Wildman–Crippen LogP) is 2.83. The number of thiazole rings is 1. The largest absolute Gasteiger partial charge is 0.379 e. The average molecular weight is 521 g/mol. The van der Waals surface area contributed by atoms with E-state index in [0.717, 1.165) is 49.8 Å². The van der Waals surface area contributed by atoms with Crippen molar-refractivity contribution < 1.29 is 9.53 Å². The fourth-order valence-electron chi connectivity index (χ4n) is 4.73. The third-order valence-electron chi connectivity index (χ3n) is 6.96. The quantitative estimate of drug-likeness (QED) is 0.403. The van der Waals surface area contributed by atoms with Gasteiger partial charge in [-0.1, -0.05) is 12.1 Å². The van der Waals surface area contributed by atoms with Gasteiger partial charge < -0.3 is 10.1 Å².